The number of rotatable bonds is 10. The summed E-state index contributed by atoms with van der Waals surface area (Å²) in [4.78, 5) is 29.8. The van der Waals surface area contributed by atoms with Gasteiger partial charge in [-0.25, -0.2) is 0 Å². The number of nitrogens with two attached hydrogens (primary N) is 1. The molecule has 0 atom stereocenters. The van der Waals surface area contributed by atoms with Gasteiger partial charge in [-0.05, 0) is 67.6 Å². The number of allylic oxidation sites excluding steroid dienone is 1. The van der Waals surface area contributed by atoms with E-state index in [1.54, 1.807) is 0 Å². The van der Waals surface area contributed by atoms with E-state index < -0.39 is 17.6 Å². The number of benzene rings is 1. The minimum absolute atomic E-state index is 0.160. The SMILES string of the molecule is CC(=O)N(CC1CC1)c1ccc(-c2ccc(C(=O)NCCC/C(C=N)=C/N)cn2)cc1C(F)(F)F. The molecule has 0 unspecified atom stereocenters. The van der Waals surface area contributed by atoms with Crippen LogP contribution in [0.4, 0.5) is 18.9 Å². The highest BCUT2D eigenvalue weighted by molar-refractivity contribution is 5.94. The number of pyridine rings is 1. The van der Waals surface area contributed by atoms with Crippen LogP contribution in [0.1, 0.15) is 48.5 Å². The van der Waals surface area contributed by atoms with Gasteiger partial charge in [-0.1, -0.05) is 6.07 Å². The van der Waals surface area contributed by atoms with Crippen LogP contribution in [0.25, 0.3) is 11.3 Å². The third-order valence-corrected chi connectivity index (χ3v) is 5.76. The Morgan fingerprint density at radius 2 is 2.00 bits per heavy atom. The van der Waals surface area contributed by atoms with E-state index >= 15 is 0 Å². The Hall–Kier alpha value is -3.69. The van der Waals surface area contributed by atoms with Crippen molar-refractivity contribution in [1.82, 2.24) is 10.3 Å². The number of hydrogen-bond acceptors (Lipinski definition) is 5. The molecule has 0 aliphatic heterocycles. The second kappa shape index (κ2) is 11.2. The average Bonchev–Trinajstić information content (AvgIpc) is 3.66. The van der Waals surface area contributed by atoms with Gasteiger partial charge in [0.2, 0.25) is 5.91 Å². The first-order chi connectivity index (χ1) is 16.6. The van der Waals surface area contributed by atoms with E-state index in [4.69, 9.17) is 11.1 Å². The highest BCUT2D eigenvalue weighted by atomic mass is 19.4. The highest BCUT2D eigenvalue weighted by Crippen LogP contribution is 2.40. The van der Waals surface area contributed by atoms with Crippen molar-refractivity contribution in [2.45, 2.75) is 38.8 Å². The first-order valence-electron chi connectivity index (χ1n) is 11.3. The minimum Gasteiger partial charge on any atom is -0.404 e. The molecule has 0 radical (unpaired) electrons. The van der Waals surface area contributed by atoms with Crippen molar-refractivity contribution in [1.29, 1.82) is 5.41 Å². The Balaban J connectivity index is 1.75. The van der Waals surface area contributed by atoms with Crippen molar-refractivity contribution in [3.05, 3.63) is 59.4 Å². The van der Waals surface area contributed by atoms with Crippen LogP contribution in [0.2, 0.25) is 0 Å². The van der Waals surface area contributed by atoms with E-state index in [0.29, 0.717) is 25.0 Å². The topological polar surface area (TPSA) is 112 Å². The molecule has 10 heteroatoms. The molecule has 4 N–H and O–H groups in total. The summed E-state index contributed by atoms with van der Waals surface area (Å²) in [6.07, 6.45) is 2.12. The lowest BCUT2D eigenvalue weighted by molar-refractivity contribution is -0.137. The zero-order valence-corrected chi connectivity index (χ0v) is 19.4. The fourth-order valence-corrected chi connectivity index (χ4v) is 3.61. The molecule has 7 nitrogen and oxygen atoms in total. The molecule has 1 aliphatic carbocycles. The maximum atomic E-state index is 13.9. The smallest absolute Gasteiger partial charge is 0.404 e. The predicted octanol–water partition coefficient (Wildman–Crippen LogP) is 4.53. The van der Waals surface area contributed by atoms with Crippen LogP contribution in [0.5, 0.6) is 0 Å². The average molecular weight is 488 g/mol. The summed E-state index contributed by atoms with van der Waals surface area (Å²) in [6, 6.07) is 6.79. The van der Waals surface area contributed by atoms with Gasteiger partial charge < -0.3 is 21.4 Å². The third kappa shape index (κ3) is 6.91. The van der Waals surface area contributed by atoms with Gasteiger partial charge in [-0.3, -0.25) is 14.6 Å². The number of anilines is 1. The van der Waals surface area contributed by atoms with Crippen LogP contribution in [-0.2, 0) is 11.0 Å². The van der Waals surface area contributed by atoms with Gasteiger partial charge in [-0.2, -0.15) is 13.2 Å². The quantitative estimate of drug-likeness (QED) is 0.338. The first-order valence-corrected chi connectivity index (χ1v) is 11.3. The molecule has 2 aromatic rings. The lowest BCUT2D eigenvalue weighted by Gasteiger charge is -2.25. The Bertz CT molecular complexity index is 1110. The van der Waals surface area contributed by atoms with Crippen LogP contribution in [0.15, 0.2) is 48.3 Å². The number of carbonyl (C=O) groups excluding carboxylic acids is 2. The molecule has 0 bridgehead atoms. The van der Waals surface area contributed by atoms with Crippen LogP contribution < -0.4 is 16.0 Å². The molecular weight excluding hydrogens is 459 g/mol. The molecule has 3 rings (SSSR count). The van der Waals surface area contributed by atoms with Gasteiger partial charge >= 0.3 is 6.18 Å². The van der Waals surface area contributed by atoms with Crippen LogP contribution in [0.3, 0.4) is 0 Å². The Labute approximate surface area is 201 Å². The molecule has 35 heavy (non-hydrogen) atoms. The number of aromatic nitrogens is 1. The fraction of sp³-hybridized carbons (Fsp3) is 0.360. The summed E-state index contributed by atoms with van der Waals surface area (Å²) < 4.78 is 41.7. The molecule has 186 valence electrons. The maximum Gasteiger partial charge on any atom is 0.418 e. The van der Waals surface area contributed by atoms with Crippen molar-refractivity contribution >= 4 is 23.7 Å². The molecule has 1 fully saturated rings. The predicted molar refractivity (Wildman–Crippen MR) is 128 cm³/mol. The van der Waals surface area contributed by atoms with E-state index in [-0.39, 0.29) is 40.9 Å². The lowest BCUT2D eigenvalue weighted by atomic mass is 10.0. The Morgan fingerprint density at radius 1 is 1.26 bits per heavy atom. The highest BCUT2D eigenvalue weighted by Gasteiger charge is 2.37. The Morgan fingerprint density at radius 3 is 2.54 bits per heavy atom. The fourth-order valence-electron chi connectivity index (χ4n) is 3.61. The van der Waals surface area contributed by atoms with Gasteiger partial charge in [0, 0.05) is 38.0 Å². The third-order valence-electron chi connectivity index (χ3n) is 5.76. The number of halogens is 3. The zero-order valence-electron chi connectivity index (χ0n) is 19.4. The van der Waals surface area contributed by atoms with Crippen molar-refractivity contribution in [2.24, 2.45) is 11.7 Å². The maximum absolute atomic E-state index is 13.9. The normalized spacial score (nSPS) is 13.9. The number of nitrogens with zero attached hydrogens (tertiary/aromatic N) is 2. The molecule has 1 heterocycles. The summed E-state index contributed by atoms with van der Waals surface area (Å²) in [5.41, 5.74) is 5.77. The van der Waals surface area contributed by atoms with E-state index in [1.807, 2.05) is 0 Å². The van der Waals surface area contributed by atoms with Crippen LogP contribution in [0, 0.1) is 11.3 Å². The molecule has 2 amide bonds. The van der Waals surface area contributed by atoms with Gasteiger partial charge in [0.1, 0.15) is 0 Å². The summed E-state index contributed by atoms with van der Waals surface area (Å²) >= 11 is 0. The molecule has 1 aromatic carbocycles. The number of amides is 2. The molecular formula is C25H28F3N5O2. The standard InChI is InChI=1S/C25H28F3N5O2/c1-16(34)33(15-17-4-5-17)23-9-7-19(11-21(23)25(26,27)28)22-8-6-20(14-32-22)24(35)31-10-2-3-18(12-29)13-30/h6-9,11-14,17,29H,2-5,10,15,30H2,1H3,(H,31,35)/b18-13-,29-12?. The zero-order chi connectivity index (χ0) is 25.6. The molecule has 1 aliphatic rings. The number of hydrogen-bond donors (Lipinski definition) is 3. The molecule has 0 saturated heterocycles. The van der Waals surface area contributed by atoms with Gasteiger partial charge in [0.25, 0.3) is 5.91 Å². The number of nitrogens with one attached hydrogen (secondary N) is 2. The molecule has 1 saturated carbocycles. The van der Waals surface area contributed by atoms with Gasteiger partial charge in [-0.15, -0.1) is 0 Å². The summed E-state index contributed by atoms with van der Waals surface area (Å²) in [6.45, 7) is 1.91. The monoisotopic (exact) mass is 487 g/mol. The lowest BCUT2D eigenvalue weighted by Crippen LogP contribution is -2.32. The van der Waals surface area contributed by atoms with Crippen molar-refractivity contribution in [2.75, 3.05) is 18.0 Å². The van der Waals surface area contributed by atoms with Gasteiger partial charge in [0.15, 0.2) is 0 Å². The van der Waals surface area contributed by atoms with E-state index in [9.17, 15) is 22.8 Å². The molecule has 1 aromatic heterocycles. The van der Waals surface area contributed by atoms with Crippen LogP contribution in [-0.4, -0.2) is 36.1 Å². The van der Waals surface area contributed by atoms with Crippen molar-refractivity contribution in [3.63, 3.8) is 0 Å². The second-order valence-corrected chi connectivity index (χ2v) is 8.48. The summed E-state index contributed by atoms with van der Waals surface area (Å²) in [7, 11) is 0. The van der Waals surface area contributed by atoms with Crippen LogP contribution >= 0.6 is 0 Å². The van der Waals surface area contributed by atoms with E-state index in [0.717, 1.165) is 25.1 Å². The van der Waals surface area contributed by atoms with E-state index in [2.05, 4.69) is 10.3 Å². The van der Waals surface area contributed by atoms with Gasteiger partial charge in [0.05, 0.1) is 22.5 Å². The minimum atomic E-state index is -4.65. The summed E-state index contributed by atoms with van der Waals surface area (Å²) in [5.74, 6) is -0.562. The Kier molecular flexibility index (Phi) is 8.26. The number of carbonyl (C=O) groups is 2. The van der Waals surface area contributed by atoms with Crippen molar-refractivity contribution < 1.29 is 22.8 Å². The number of alkyl halides is 3. The molecule has 0 spiro atoms. The second-order valence-electron chi connectivity index (χ2n) is 8.48. The largest absolute Gasteiger partial charge is 0.418 e. The summed E-state index contributed by atoms with van der Waals surface area (Å²) in [5, 5.41) is 9.92. The van der Waals surface area contributed by atoms with E-state index in [1.165, 1.54) is 48.5 Å². The first kappa shape index (κ1) is 25.9. The van der Waals surface area contributed by atoms with Crippen molar-refractivity contribution in [3.8, 4) is 11.3 Å².